The number of nitrogens with zero attached hydrogens (tertiary/aromatic N) is 6. The number of amides is 1. The molecule has 0 bridgehead atoms. The van der Waals surface area contributed by atoms with Gasteiger partial charge in [0.15, 0.2) is 0 Å². The molecule has 0 saturated carbocycles. The molecule has 2 saturated heterocycles. The second kappa shape index (κ2) is 10.2. The molecule has 172 valence electrons. The van der Waals surface area contributed by atoms with Gasteiger partial charge in [0.05, 0.1) is 24.7 Å². The number of ether oxygens (including phenoxy) is 1. The Balaban J connectivity index is 0.000000427. The highest BCUT2D eigenvalue weighted by Crippen LogP contribution is 2.27. The summed E-state index contributed by atoms with van der Waals surface area (Å²) in [7, 11) is 0. The quantitative estimate of drug-likeness (QED) is 0.587. The molecule has 4 rings (SSSR count). The molecule has 0 aromatic carbocycles. The first-order valence-corrected chi connectivity index (χ1v) is 9.95. The van der Waals surface area contributed by atoms with E-state index in [1.807, 2.05) is 18.7 Å². The monoisotopic (exact) mass is 448 g/mol. The van der Waals surface area contributed by atoms with Gasteiger partial charge in [-0.1, -0.05) is 5.16 Å². The van der Waals surface area contributed by atoms with Crippen molar-refractivity contribution in [3.8, 4) is 11.6 Å². The fourth-order valence-corrected chi connectivity index (χ4v) is 3.43. The van der Waals surface area contributed by atoms with Crippen LogP contribution in [0, 0.1) is 0 Å². The van der Waals surface area contributed by atoms with Gasteiger partial charge in [-0.25, -0.2) is 19.6 Å². The molecule has 2 aliphatic heterocycles. The molecule has 2 unspecified atom stereocenters. The van der Waals surface area contributed by atoms with E-state index in [4.69, 9.17) is 29.1 Å². The molecule has 0 aliphatic carbocycles. The van der Waals surface area contributed by atoms with Crippen LogP contribution in [0.5, 0.6) is 0 Å². The van der Waals surface area contributed by atoms with Crippen LogP contribution in [0.4, 0.5) is 0 Å². The van der Waals surface area contributed by atoms with E-state index in [9.17, 15) is 4.79 Å². The molecule has 2 aliphatic rings. The van der Waals surface area contributed by atoms with Crippen LogP contribution >= 0.6 is 0 Å². The number of carboxylic acid groups (broad SMARTS) is 2. The molecule has 13 nitrogen and oxygen atoms in total. The Morgan fingerprint density at radius 2 is 1.59 bits per heavy atom. The lowest BCUT2D eigenvalue weighted by molar-refractivity contribution is -0.159. The Morgan fingerprint density at radius 3 is 2.16 bits per heavy atom. The summed E-state index contributed by atoms with van der Waals surface area (Å²) < 4.78 is 11.0. The van der Waals surface area contributed by atoms with Crippen molar-refractivity contribution in [2.45, 2.75) is 32.0 Å². The average Bonchev–Trinajstić information content (AvgIpc) is 3.20. The van der Waals surface area contributed by atoms with E-state index in [2.05, 4.69) is 25.0 Å². The van der Waals surface area contributed by atoms with Crippen molar-refractivity contribution in [2.75, 3.05) is 32.7 Å². The fourth-order valence-electron chi connectivity index (χ4n) is 3.43. The molecule has 32 heavy (non-hydrogen) atoms. The van der Waals surface area contributed by atoms with Gasteiger partial charge in [0.1, 0.15) is 0 Å². The normalized spacial score (nSPS) is 21.2. The maximum Gasteiger partial charge on any atom is 0.414 e. The molecule has 0 spiro atoms. The van der Waals surface area contributed by atoms with Crippen molar-refractivity contribution in [2.24, 2.45) is 0 Å². The number of hydrogen-bond acceptors (Lipinski definition) is 10. The van der Waals surface area contributed by atoms with Crippen LogP contribution in [0.25, 0.3) is 11.6 Å². The topological polar surface area (TPSA) is 172 Å². The van der Waals surface area contributed by atoms with Gasteiger partial charge in [-0.15, -0.1) is 0 Å². The number of likely N-dealkylation sites (tertiary alicyclic amines) is 1. The van der Waals surface area contributed by atoms with Crippen LogP contribution < -0.4 is 0 Å². The minimum atomic E-state index is -1.82. The minimum Gasteiger partial charge on any atom is -0.473 e. The Kier molecular flexibility index (Phi) is 7.43. The van der Waals surface area contributed by atoms with E-state index >= 15 is 0 Å². The molecular weight excluding hydrogens is 424 g/mol. The number of aromatic nitrogens is 4. The predicted octanol–water partition coefficient (Wildman–Crippen LogP) is -0.283. The molecule has 2 atom stereocenters. The van der Waals surface area contributed by atoms with Crippen LogP contribution in [0.2, 0.25) is 0 Å². The zero-order valence-corrected chi connectivity index (χ0v) is 17.6. The average molecular weight is 448 g/mol. The van der Waals surface area contributed by atoms with Gasteiger partial charge in [0, 0.05) is 38.6 Å². The summed E-state index contributed by atoms with van der Waals surface area (Å²) in [5.41, 5.74) is 0. The number of hydrogen-bond donors (Lipinski definition) is 2. The molecule has 2 aromatic heterocycles. The van der Waals surface area contributed by atoms with Gasteiger partial charge in [0.25, 0.3) is 0 Å². The third kappa shape index (κ3) is 6.04. The molecule has 1 amide bonds. The molecule has 2 aromatic rings. The number of rotatable bonds is 4. The summed E-state index contributed by atoms with van der Waals surface area (Å²) in [5.74, 6) is -1.93. The van der Waals surface area contributed by atoms with Gasteiger partial charge in [-0.05, 0) is 19.9 Å². The Bertz CT molecular complexity index is 925. The van der Waals surface area contributed by atoms with Crippen LogP contribution in [-0.4, -0.2) is 103 Å². The second-order valence-corrected chi connectivity index (χ2v) is 7.59. The number of carboxylic acids is 2. The molecule has 4 heterocycles. The van der Waals surface area contributed by atoms with Crippen molar-refractivity contribution in [3.05, 3.63) is 24.4 Å². The Morgan fingerprint density at radius 1 is 1.00 bits per heavy atom. The maximum atomic E-state index is 12.5. The highest BCUT2D eigenvalue weighted by Gasteiger charge is 2.35. The predicted molar refractivity (Wildman–Crippen MR) is 106 cm³/mol. The van der Waals surface area contributed by atoms with Crippen LogP contribution in [0.1, 0.15) is 25.7 Å². The number of carbonyl (C=O) groups is 3. The first-order chi connectivity index (χ1) is 15.2. The third-order valence-corrected chi connectivity index (χ3v) is 4.83. The SMILES string of the molecule is CC1CN(C(=O)CN2CC(c3nc(-c4ncccn4)no3)C2)CC(C)O1.O=C(O)C(=O)O. The van der Waals surface area contributed by atoms with Crippen molar-refractivity contribution >= 4 is 17.8 Å². The smallest absolute Gasteiger partial charge is 0.414 e. The summed E-state index contributed by atoms with van der Waals surface area (Å²) in [6.45, 7) is 7.20. The summed E-state index contributed by atoms with van der Waals surface area (Å²) in [6, 6.07) is 1.74. The lowest BCUT2D eigenvalue weighted by Crippen LogP contribution is -2.54. The third-order valence-electron chi connectivity index (χ3n) is 4.83. The molecule has 13 heteroatoms. The summed E-state index contributed by atoms with van der Waals surface area (Å²) in [5, 5.41) is 18.7. The fraction of sp³-hybridized carbons (Fsp3) is 0.526. The van der Waals surface area contributed by atoms with Gasteiger partial charge < -0.3 is 24.4 Å². The largest absolute Gasteiger partial charge is 0.473 e. The van der Waals surface area contributed by atoms with E-state index in [0.29, 0.717) is 37.2 Å². The minimum absolute atomic E-state index is 0.0869. The molecular formula is C19H24N6O7. The number of aliphatic carboxylic acids is 2. The van der Waals surface area contributed by atoms with Gasteiger partial charge in [0.2, 0.25) is 23.4 Å². The van der Waals surface area contributed by atoms with E-state index in [0.717, 1.165) is 13.1 Å². The Hall–Kier alpha value is -3.45. The molecule has 0 radical (unpaired) electrons. The summed E-state index contributed by atoms with van der Waals surface area (Å²) >= 11 is 0. The zero-order chi connectivity index (χ0) is 23.3. The van der Waals surface area contributed by atoms with E-state index in [-0.39, 0.29) is 24.0 Å². The first-order valence-electron chi connectivity index (χ1n) is 9.95. The van der Waals surface area contributed by atoms with Crippen molar-refractivity contribution in [1.29, 1.82) is 0 Å². The first kappa shape index (κ1) is 23.2. The van der Waals surface area contributed by atoms with Crippen molar-refractivity contribution < 1.29 is 33.9 Å². The summed E-state index contributed by atoms with van der Waals surface area (Å²) in [4.78, 5) is 47.3. The maximum absolute atomic E-state index is 12.5. The highest BCUT2D eigenvalue weighted by molar-refractivity contribution is 6.27. The number of morpholine rings is 1. The van der Waals surface area contributed by atoms with Crippen molar-refractivity contribution in [3.63, 3.8) is 0 Å². The van der Waals surface area contributed by atoms with Crippen LogP contribution in [0.3, 0.4) is 0 Å². The van der Waals surface area contributed by atoms with E-state index in [1.54, 1.807) is 18.5 Å². The molecule has 2 N–H and O–H groups in total. The lowest BCUT2D eigenvalue weighted by Gasteiger charge is -2.40. The second-order valence-electron chi connectivity index (χ2n) is 7.59. The lowest BCUT2D eigenvalue weighted by atomic mass is 10.00. The van der Waals surface area contributed by atoms with Crippen LogP contribution in [0.15, 0.2) is 23.0 Å². The summed E-state index contributed by atoms with van der Waals surface area (Å²) in [6.07, 6.45) is 3.46. The van der Waals surface area contributed by atoms with E-state index < -0.39 is 11.9 Å². The zero-order valence-electron chi connectivity index (χ0n) is 17.6. The Labute approximate surface area is 183 Å². The van der Waals surface area contributed by atoms with Crippen molar-refractivity contribution in [1.82, 2.24) is 29.9 Å². The van der Waals surface area contributed by atoms with Crippen LogP contribution in [-0.2, 0) is 19.1 Å². The number of carbonyl (C=O) groups excluding carboxylic acids is 1. The van der Waals surface area contributed by atoms with Gasteiger partial charge in [-0.3, -0.25) is 9.69 Å². The highest BCUT2D eigenvalue weighted by atomic mass is 16.5. The van der Waals surface area contributed by atoms with Gasteiger partial charge in [-0.2, -0.15) is 4.98 Å². The standard InChI is InChI=1S/C17H22N6O3.C2H2O4/c1-11-6-23(7-12(2)25-11)14(24)10-22-8-13(9-22)17-20-16(21-26-17)15-18-4-3-5-19-15;3-1(4)2(5)6/h3-5,11-13H,6-10H2,1-2H3;(H,3,4)(H,5,6). The van der Waals surface area contributed by atoms with Gasteiger partial charge >= 0.3 is 11.9 Å². The molecule has 2 fully saturated rings. The van der Waals surface area contributed by atoms with E-state index in [1.165, 1.54) is 0 Å².